The molecule has 1 N–H and O–H groups in total. The molecule has 1 heterocycles. The SMILES string of the molecule is CCN(Cc1cc(CNC(C)C)oc1C)C(C)C. The lowest BCUT2D eigenvalue weighted by Gasteiger charge is -2.24. The first-order valence-corrected chi connectivity index (χ1v) is 6.99. The van der Waals surface area contributed by atoms with Crippen LogP contribution in [0.15, 0.2) is 10.5 Å². The zero-order valence-electron chi connectivity index (χ0n) is 12.7. The Morgan fingerprint density at radius 2 is 1.94 bits per heavy atom. The van der Waals surface area contributed by atoms with Gasteiger partial charge in [0.15, 0.2) is 0 Å². The highest BCUT2D eigenvalue weighted by Gasteiger charge is 2.13. The van der Waals surface area contributed by atoms with Crippen LogP contribution < -0.4 is 5.32 Å². The van der Waals surface area contributed by atoms with E-state index in [2.05, 4.69) is 57.8 Å². The Balaban J connectivity index is 2.66. The first kappa shape index (κ1) is 15.3. The van der Waals surface area contributed by atoms with Crippen molar-refractivity contribution in [2.24, 2.45) is 0 Å². The zero-order chi connectivity index (χ0) is 13.7. The van der Waals surface area contributed by atoms with Crippen LogP contribution in [0.3, 0.4) is 0 Å². The number of hydrogen-bond acceptors (Lipinski definition) is 3. The fourth-order valence-corrected chi connectivity index (χ4v) is 2.01. The number of nitrogens with one attached hydrogen (secondary N) is 1. The van der Waals surface area contributed by atoms with Crippen molar-refractivity contribution in [2.45, 2.75) is 66.7 Å². The Labute approximate surface area is 112 Å². The van der Waals surface area contributed by atoms with E-state index in [4.69, 9.17) is 4.42 Å². The lowest BCUT2D eigenvalue weighted by Crippen LogP contribution is -2.30. The molecular weight excluding hydrogens is 224 g/mol. The van der Waals surface area contributed by atoms with Crippen molar-refractivity contribution in [3.05, 3.63) is 23.2 Å². The molecule has 0 aliphatic heterocycles. The molecule has 1 aromatic heterocycles. The summed E-state index contributed by atoms with van der Waals surface area (Å²) < 4.78 is 5.80. The maximum Gasteiger partial charge on any atom is 0.118 e. The molecule has 0 aromatic carbocycles. The molecule has 1 aromatic rings. The Morgan fingerprint density at radius 3 is 2.44 bits per heavy atom. The number of furan rings is 1. The van der Waals surface area contributed by atoms with E-state index in [0.29, 0.717) is 12.1 Å². The van der Waals surface area contributed by atoms with Crippen LogP contribution in [-0.2, 0) is 13.1 Å². The average Bonchev–Trinajstić information content (AvgIpc) is 2.63. The van der Waals surface area contributed by atoms with E-state index >= 15 is 0 Å². The Bertz CT molecular complexity index is 355. The molecule has 0 bridgehead atoms. The predicted molar refractivity (Wildman–Crippen MR) is 76.6 cm³/mol. The molecule has 18 heavy (non-hydrogen) atoms. The largest absolute Gasteiger partial charge is 0.465 e. The van der Waals surface area contributed by atoms with Crippen molar-refractivity contribution in [3.8, 4) is 0 Å². The smallest absolute Gasteiger partial charge is 0.118 e. The summed E-state index contributed by atoms with van der Waals surface area (Å²) in [5, 5.41) is 3.39. The van der Waals surface area contributed by atoms with E-state index in [-0.39, 0.29) is 0 Å². The molecule has 0 saturated heterocycles. The first-order chi connectivity index (χ1) is 8.43. The third-order valence-corrected chi connectivity index (χ3v) is 3.27. The Morgan fingerprint density at radius 1 is 1.28 bits per heavy atom. The highest BCUT2D eigenvalue weighted by molar-refractivity contribution is 5.20. The van der Waals surface area contributed by atoms with Crippen LogP contribution in [0.5, 0.6) is 0 Å². The normalized spacial score (nSPS) is 12.1. The van der Waals surface area contributed by atoms with Crippen molar-refractivity contribution in [3.63, 3.8) is 0 Å². The second-order valence-electron chi connectivity index (χ2n) is 5.49. The van der Waals surface area contributed by atoms with E-state index < -0.39 is 0 Å². The Hall–Kier alpha value is -0.800. The summed E-state index contributed by atoms with van der Waals surface area (Å²) in [5.41, 5.74) is 1.31. The van der Waals surface area contributed by atoms with Gasteiger partial charge in [-0.3, -0.25) is 4.90 Å². The number of nitrogens with zero attached hydrogens (tertiary/aromatic N) is 1. The number of hydrogen-bond donors (Lipinski definition) is 1. The third kappa shape index (κ3) is 4.46. The summed E-state index contributed by atoms with van der Waals surface area (Å²) in [7, 11) is 0. The quantitative estimate of drug-likeness (QED) is 0.807. The highest BCUT2D eigenvalue weighted by Crippen LogP contribution is 2.18. The van der Waals surface area contributed by atoms with Gasteiger partial charge in [0, 0.05) is 24.2 Å². The molecule has 0 saturated carbocycles. The topological polar surface area (TPSA) is 28.4 Å². The van der Waals surface area contributed by atoms with Crippen molar-refractivity contribution < 1.29 is 4.42 Å². The molecule has 0 spiro atoms. The van der Waals surface area contributed by atoms with Gasteiger partial charge in [-0.15, -0.1) is 0 Å². The zero-order valence-corrected chi connectivity index (χ0v) is 12.7. The van der Waals surface area contributed by atoms with Crippen LogP contribution in [0.25, 0.3) is 0 Å². The molecule has 104 valence electrons. The molecule has 0 aliphatic carbocycles. The predicted octanol–water partition coefficient (Wildman–Crippen LogP) is 3.32. The fraction of sp³-hybridized carbons (Fsp3) is 0.733. The first-order valence-electron chi connectivity index (χ1n) is 6.99. The van der Waals surface area contributed by atoms with Crippen molar-refractivity contribution in [1.29, 1.82) is 0 Å². The summed E-state index contributed by atoms with van der Waals surface area (Å²) in [5.74, 6) is 2.09. The fourth-order valence-electron chi connectivity index (χ4n) is 2.01. The molecule has 3 nitrogen and oxygen atoms in total. The van der Waals surface area contributed by atoms with Gasteiger partial charge >= 0.3 is 0 Å². The van der Waals surface area contributed by atoms with E-state index in [1.165, 1.54) is 5.56 Å². The minimum atomic E-state index is 0.488. The molecule has 0 atom stereocenters. The van der Waals surface area contributed by atoms with Crippen molar-refractivity contribution in [2.75, 3.05) is 6.54 Å². The Kier molecular flexibility index (Phi) is 5.89. The minimum Gasteiger partial charge on any atom is -0.465 e. The third-order valence-electron chi connectivity index (χ3n) is 3.27. The van der Waals surface area contributed by atoms with Gasteiger partial charge in [-0.1, -0.05) is 20.8 Å². The van der Waals surface area contributed by atoms with E-state index in [9.17, 15) is 0 Å². The van der Waals surface area contributed by atoms with E-state index in [1.54, 1.807) is 0 Å². The van der Waals surface area contributed by atoms with Crippen molar-refractivity contribution in [1.82, 2.24) is 10.2 Å². The second kappa shape index (κ2) is 6.95. The van der Waals surface area contributed by atoms with Gasteiger partial charge in [0.05, 0.1) is 6.54 Å². The second-order valence-corrected chi connectivity index (χ2v) is 5.49. The van der Waals surface area contributed by atoms with Crippen LogP contribution in [0.2, 0.25) is 0 Å². The van der Waals surface area contributed by atoms with Crippen molar-refractivity contribution >= 4 is 0 Å². The maximum absolute atomic E-state index is 5.80. The lowest BCUT2D eigenvalue weighted by atomic mass is 10.2. The molecule has 0 aliphatic rings. The van der Waals surface area contributed by atoms with Gasteiger partial charge in [0.25, 0.3) is 0 Å². The average molecular weight is 252 g/mol. The molecular formula is C15H28N2O. The van der Waals surface area contributed by atoms with E-state index in [1.807, 2.05) is 0 Å². The molecule has 3 heteroatoms. The summed E-state index contributed by atoms with van der Waals surface area (Å²) >= 11 is 0. The summed E-state index contributed by atoms with van der Waals surface area (Å²) in [6, 6.07) is 3.25. The lowest BCUT2D eigenvalue weighted by molar-refractivity contribution is 0.223. The van der Waals surface area contributed by atoms with Crippen LogP contribution in [0.1, 0.15) is 51.7 Å². The van der Waals surface area contributed by atoms with Gasteiger partial charge in [0.2, 0.25) is 0 Å². The van der Waals surface area contributed by atoms with Gasteiger partial charge in [-0.25, -0.2) is 0 Å². The minimum absolute atomic E-state index is 0.488. The molecule has 0 radical (unpaired) electrons. The molecule has 0 unspecified atom stereocenters. The highest BCUT2D eigenvalue weighted by atomic mass is 16.3. The molecule has 0 fully saturated rings. The van der Waals surface area contributed by atoms with Gasteiger partial charge in [0.1, 0.15) is 11.5 Å². The van der Waals surface area contributed by atoms with E-state index in [0.717, 1.165) is 31.2 Å². The van der Waals surface area contributed by atoms with Gasteiger partial charge in [-0.05, 0) is 33.4 Å². The molecule has 1 rings (SSSR count). The summed E-state index contributed by atoms with van der Waals surface area (Å²) in [6.45, 7) is 15.9. The number of aryl methyl sites for hydroxylation is 1. The van der Waals surface area contributed by atoms with Crippen LogP contribution in [0.4, 0.5) is 0 Å². The number of rotatable bonds is 7. The standard InChI is InChI=1S/C15H28N2O/c1-7-17(12(4)5)10-14-8-15(18-13(14)6)9-16-11(2)3/h8,11-12,16H,7,9-10H2,1-6H3. The molecule has 0 amide bonds. The van der Waals surface area contributed by atoms with Gasteiger partial charge < -0.3 is 9.73 Å². The van der Waals surface area contributed by atoms with Crippen LogP contribution >= 0.6 is 0 Å². The van der Waals surface area contributed by atoms with Crippen LogP contribution in [0, 0.1) is 6.92 Å². The van der Waals surface area contributed by atoms with Crippen LogP contribution in [-0.4, -0.2) is 23.5 Å². The monoisotopic (exact) mass is 252 g/mol. The summed E-state index contributed by atoms with van der Waals surface area (Å²) in [6.07, 6.45) is 0. The summed E-state index contributed by atoms with van der Waals surface area (Å²) in [4.78, 5) is 2.44. The van der Waals surface area contributed by atoms with Gasteiger partial charge in [-0.2, -0.15) is 0 Å². The maximum atomic E-state index is 5.80.